The van der Waals surface area contributed by atoms with Crippen LogP contribution in [-0.2, 0) is 0 Å². The molecule has 0 aliphatic heterocycles. The maximum absolute atomic E-state index is 4.27. The van der Waals surface area contributed by atoms with Crippen LogP contribution in [0.2, 0.25) is 0 Å². The van der Waals surface area contributed by atoms with E-state index in [1.807, 2.05) is 7.05 Å². The molecular formula is C11H15N. The molecule has 0 aromatic rings. The van der Waals surface area contributed by atoms with E-state index in [0.29, 0.717) is 0 Å². The second kappa shape index (κ2) is 3.53. The predicted molar refractivity (Wildman–Crippen MR) is 54.6 cm³/mol. The van der Waals surface area contributed by atoms with Crippen LogP contribution >= 0.6 is 0 Å². The molecule has 0 aromatic heterocycles. The molecule has 1 aliphatic carbocycles. The zero-order valence-corrected chi connectivity index (χ0v) is 8.18. The van der Waals surface area contributed by atoms with E-state index in [0.717, 1.165) is 5.71 Å². The molecule has 0 N–H and O–H groups in total. The third-order valence-corrected chi connectivity index (χ3v) is 2.15. The van der Waals surface area contributed by atoms with Crippen molar-refractivity contribution >= 4 is 5.71 Å². The first-order chi connectivity index (χ1) is 5.70. The van der Waals surface area contributed by atoms with Crippen LogP contribution in [0.4, 0.5) is 0 Å². The van der Waals surface area contributed by atoms with Crippen LogP contribution in [0.15, 0.2) is 39.9 Å². The molecule has 64 valence electrons. The van der Waals surface area contributed by atoms with Crippen molar-refractivity contribution in [2.24, 2.45) is 4.99 Å². The average molecular weight is 161 g/mol. The summed E-state index contributed by atoms with van der Waals surface area (Å²) in [5.41, 5.74) is 4.93. The fourth-order valence-electron chi connectivity index (χ4n) is 1.48. The minimum atomic E-state index is 1.12. The van der Waals surface area contributed by atoms with Gasteiger partial charge in [-0.2, -0.15) is 0 Å². The highest BCUT2D eigenvalue weighted by Crippen LogP contribution is 2.21. The monoisotopic (exact) mass is 161 g/mol. The first kappa shape index (κ1) is 8.98. The number of aliphatic imine (C=N–C) groups is 1. The van der Waals surface area contributed by atoms with E-state index >= 15 is 0 Å². The second-order valence-electron chi connectivity index (χ2n) is 2.97. The highest BCUT2D eigenvalue weighted by molar-refractivity contribution is 6.15. The molecule has 0 bridgehead atoms. The Bertz CT molecular complexity index is 269. The topological polar surface area (TPSA) is 12.4 Å². The van der Waals surface area contributed by atoms with E-state index in [1.54, 1.807) is 0 Å². The van der Waals surface area contributed by atoms with Gasteiger partial charge in [-0.25, -0.2) is 0 Å². The zero-order valence-electron chi connectivity index (χ0n) is 8.18. The molecule has 0 radical (unpaired) electrons. The molecule has 0 fully saturated rings. The van der Waals surface area contributed by atoms with Crippen LogP contribution in [0.25, 0.3) is 0 Å². The zero-order chi connectivity index (χ0) is 9.14. The van der Waals surface area contributed by atoms with Crippen molar-refractivity contribution in [1.29, 1.82) is 0 Å². The smallest absolute Gasteiger partial charge is 0.0671 e. The molecule has 0 amide bonds. The Kier molecular flexibility index (Phi) is 2.64. The predicted octanol–water partition coefficient (Wildman–Crippen LogP) is 2.91. The molecule has 0 heterocycles. The Balaban J connectivity index is 3.20. The molecule has 0 aromatic carbocycles. The van der Waals surface area contributed by atoms with E-state index in [2.05, 4.69) is 44.0 Å². The second-order valence-corrected chi connectivity index (χ2v) is 2.97. The summed E-state index contributed by atoms with van der Waals surface area (Å²) in [5, 5.41) is 0. The summed E-state index contributed by atoms with van der Waals surface area (Å²) < 4.78 is 0. The van der Waals surface area contributed by atoms with Crippen LogP contribution in [-0.4, -0.2) is 12.8 Å². The quantitative estimate of drug-likeness (QED) is 0.518. The van der Waals surface area contributed by atoms with Crippen molar-refractivity contribution in [3.63, 3.8) is 0 Å². The first-order valence-corrected chi connectivity index (χ1v) is 4.20. The van der Waals surface area contributed by atoms with Gasteiger partial charge >= 0.3 is 0 Å². The summed E-state index contributed by atoms with van der Waals surface area (Å²) >= 11 is 0. The summed E-state index contributed by atoms with van der Waals surface area (Å²) in [4.78, 5) is 4.27. The van der Waals surface area contributed by atoms with Gasteiger partial charge in [0.25, 0.3) is 0 Å². The van der Waals surface area contributed by atoms with Crippen LogP contribution in [0.3, 0.4) is 0 Å². The number of hydrogen-bond donors (Lipinski definition) is 0. The van der Waals surface area contributed by atoms with Gasteiger partial charge in [-0.15, -0.1) is 0 Å². The van der Waals surface area contributed by atoms with Gasteiger partial charge < -0.3 is 0 Å². The van der Waals surface area contributed by atoms with Crippen molar-refractivity contribution in [1.82, 2.24) is 0 Å². The van der Waals surface area contributed by atoms with E-state index in [-0.39, 0.29) is 0 Å². The number of allylic oxidation sites excluding steroid dienone is 6. The van der Waals surface area contributed by atoms with E-state index in [4.69, 9.17) is 0 Å². The lowest BCUT2D eigenvalue weighted by Crippen LogP contribution is -2.09. The molecule has 12 heavy (non-hydrogen) atoms. The van der Waals surface area contributed by atoms with E-state index < -0.39 is 0 Å². The molecule has 1 rings (SSSR count). The Morgan fingerprint density at radius 2 is 1.75 bits per heavy atom. The Morgan fingerprint density at radius 1 is 1.17 bits per heavy atom. The summed E-state index contributed by atoms with van der Waals surface area (Å²) in [7, 11) is 1.84. The number of hydrogen-bond acceptors (Lipinski definition) is 1. The third kappa shape index (κ3) is 1.40. The van der Waals surface area contributed by atoms with Gasteiger partial charge in [0.15, 0.2) is 0 Å². The van der Waals surface area contributed by atoms with Crippen LogP contribution < -0.4 is 0 Å². The molecule has 0 saturated carbocycles. The van der Waals surface area contributed by atoms with Crippen molar-refractivity contribution in [2.45, 2.75) is 20.8 Å². The van der Waals surface area contributed by atoms with Crippen LogP contribution in [0.5, 0.6) is 0 Å². The lowest BCUT2D eigenvalue weighted by molar-refractivity contribution is 1.33. The summed E-state index contributed by atoms with van der Waals surface area (Å²) in [6.45, 7) is 6.26. The minimum absolute atomic E-state index is 1.12. The molecule has 0 atom stereocenters. The van der Waals surface area contributed by atoms with Gasteiger partial charge in [0.2, 0.25) is 0 Å². The first-order valence-electron chi connectivity index (χ1n) is 4.20. The van der Waals surface area contributed by atoms with Crippen molar-refractivity contribution in [3.05, 3.63) is 34.9 Å². The number of rotatable bonds is 0. The Morgan fingerprint density at radius 3 is 2.17 bits per heavy atom. The van der Waals surface area contributed by atoms with E-state index in [9.17, 15) is 0 Å². The average Bonchev–Trinajstić information content (AvgIpc) is 2.08. The molecule has 0 saturated heterocycles. The molecule has 0 spiro atoms. The maximum Gasteiger partial charge on any atom is 0.0671 e. The van der Waals surface area contributed by atoms with Crippen molar-refractivity contribution in [3.8, 4) is 0 Å². The lowest BCUT2D eigenvalue weighted by Gasteiger charge is -2.15. The van der Waals surface area contributed by atoms with Gasteiger partial charge in [0.1, 0.15) is 0 Å². The Labute approximate surface area is 74.2 Å². The number of nitrogens with zero attached hydrogens (tertiary/aromatic N) is 1. The molecule has 1 heteroatoms. The summed E-state index contributed by atoms with van der Waals surface area (Å²) in [6, 6.07) is 0. The summed E-state index contributed by atoms with van der Waals surface area (Å²) in [6.07, 6.45) is 6.37. The Hall–Kier alpha value is -1.11. The van der Waals surface area contributed by atoms with Crippen molar-refractivity contribution < 1.29 is 0 Å². The summed E-state index contributed by atoms with van der Waals surface area (Å²) in [5.74, 6) is 0. The lowest BCUT2D eigenvalue weighted by atomic mass is 9.92. The van der Waals surface area contributed by atoms with Gasteiger partial charge in [-0.05, 0) is 37.5 Å². The molecule has 0 unspecified atom stereocenters. The van der Waals surface area contributed by atoms with Gasteiger partial charge in [0.05, 0.1) is 5.71 Å². The molecule has 1 aliphatic rings. The molecular weight excluding hydrogens is 146 g/mol. The van der Waals surface area contributed by atoms with Gasteiger partial charge in [0, 0.05) is 7.05 Å². The van der Waals surface area contributed by atoms with E-state index in [1.165, 1.54) is 16.7 Å². The standard InChI is InChI=1S/C11H15N/c1-5-10-8(2)6-7-9(3)11(10)12-4/h5-7H,1-4H3/b10-5-,12-11?. The van der Waals surface area contributed by atoms with Crippen LogP contribution in [0, 0.1) is 0 Å². The fourth-order valence-corrected chi connectivity index (χ4v) is 1.48. The largest absolute Gasteiger partial charge is 0.288 e. The normalized spacial score (nSPS) is 24.3. The highest BCUT2D eigenvalue weighted by Gasteiger charge is 2.12. The molecule has 1 nitrogen and oxygen atoms in total. The van der Waals surface area contributed by atoms with Crippen molar-refractivity contribution in [2.75, 3.05) is 7.05 Å². The van der Waals surface area contributed by atoms with Gasteiger partial charge in [-0.1, -0.05) is 18.2 Å². The maximum atomic E-state index is 4.27. The minimum Gasteiger partial charge on any atom is -0.288 e. The fraction of sp³-hybridized carbons (Fsp3) is 0.364. The third-order valence-electron chi connectivity index (χ3n) is 2.15. The SMILES string of the molecule is C/C=C1/C(C)=CC=C(C)C1=NC. The van der Waals surface area contributed by atoms with Crippen LogP contribution in [0.1, 0.15) is 20.8 Å². The highest BCUT2D eigenvalue weighted by atomic mass is 14.7. The van der Waals surface area contributed by atoms with Gasteiger partial charge in [-0.3, -0.25) is 4.99 Å².